The maximum Gasteiger partial charge on any atom is 0.249 e. The van der Waals surface area contributed by atoms with E-state index >= 15 is 0 Å². The van der Waals surface area contributed by atoms with Crippen LogP contribution in [-0.2, 0) is 4.79 Å². The van der Waals surface area contributed by atoms with E-state index in [0.29, 0.717) is 11.9 Å². The van der Waals surface area contributed by atoms with Gasteiger partial charge in [0, 0.05) is 19.3 Å². The summed E-state index contributed by atoms with van der Waals surface area (Å²) in [6.45, 7) is 2.07. The zero-order valence-electron chi connectivity index (χ0n) is 17.2. The van der Waals surface area contributed by atoms with Gasteiger partial charge in [-0.25, -0.2) is 9.97 Å². The molecule has 1 saturated carbocycles. The van der Waals surface area contributed by atoms with E-state index in [-0.39, 0.29) is 11.9 Å². The van der Waals surface area contributed by atoms with Gasteiger partial charge in [0.2, 0.25) is 5.91 Å². The average molecular weight is 403 g/mol. The normalized spacial score (nSPS) is 19.4. The molecule has 3 aromatic heterocycles. The number of nitrogens with zero attached hydrogens (tertiary/aromatic N) is 6. The van der Waals surface area contributed by atoms with Crippen molar-refractivity contribution in [1.82, 2.24) is 25.1 Å². The lowest BCUT2D eigenvalue weighted by atomic mass is 10.0. The van der Waals surface area contributed by atoms with E-state index in [1.54, 1.807) is 23.5 Å². The molecule has 1 aliphatic carbocycles. The molecule has 1 unspecified atom stereocenters. The van der Waals surface area contributed by atoms with Crippen molar-refractivity contribution in [2.45, 2.75) is 51.1 Å². The predicted octanol–water partition coefficient (Wildman–Crippen LogP) is 3.43. The highest BCUT2D eigenvalue weighted by Gasteiger charge is 2.41. The second kappa shape index (κ2) is 7.51. The third-order valence-corrected chi connectivity index (χ3v) is 6.21. The van der Waals surface area contributed by atoms with Crippen LogP contribution in [0.1, 0.15) is 39.0 Å². The molecule has 5 rings (SSSR count). The molecular formula is C22H25N7O. The van der Waals surface area contributed by atoms with Crippen LogP contribution >= 0.6 is 0 Å². The Morgan fingerprint density at radius 2 is 2.00 bits per heavy atom. The number of aromatic amines is 1. The molecule has 0 bridgehead atoms. The third-order valence-electron chi connectivity index (χ3n) is 6.21. The third kappa shape index (κ3) is 2.94. The smallest absolute Gasteiger partial charge is 0.249 e. The van der Waals surface area contributed by atoms with Crippen LogP contribution in [0, 0.1) is 0 Å². The van der Waals surface area contributed by atoms with Crippen LogP contribution < -0.4 is 9.80 Å². The van der Waals surface area contributed by atoms with E-state index < -0.39 is 0 Å². The first-order chi connectivity index (χ1) is 14.7. The number of amides is 1. The van der Waals surface area contributed by atoms with Gasteiger partial charge in [-0.2, -0.15) is 5.10 Å². The van der Waals surface area contributed by atoms with E-state index in [1.165, 1.54) is 12.8 Å². The summed E-state index contributed by atoms with van der Waals surface area (Å²) in [4.78, 5) is 31.0. The van der Waals surface area contributed by atoms with E-state index in [1.807, 2.05) is 25.2 Å². The average Bonchev–Trinajstić information content (AvgIpc) is 3.48. The molecule has 1 aliphatic heterocycles. The second-order valence-corrected chi connectivity index (χ2v) is 7.94. The Hall–Kier alpha value is -3.29. The predicted molar refractivity (Wildman–Crippen MR) is 115 cm³/mol. The molecule has 0 saturated heterocycles. The van der Waals surface area contributed by atoms with Crippen molar-refractivity contribution < 1.29 is 4.79 Å². The maximum atomic E-state index is 13.0. The molecule has 0 spiro atoms. The molecule has 30 heavy (non-hydrogen) atoms. The maximum absolute atomic E-state index is 13.0. The summed E-state index contributed by atoms with van der Waals surface area (Å²) in [6.07, 6.45) is 10.6. The SMILES string of the molecule is CCC1C(=O)N(C)c2cnc(-c3cn[nH]c3-c3ccccn3)nc2N1C1CCCC1. The van der Waals surface area contributed by atoms with Gasteiger partial charge in [0.25, 0.3) is 0 Å². The summed E-state index contributed by atoms with van der Waals surface area (Å²) >= 11 is 0. The van der Waals surface area contributed by atoms with Crippen LogP contribution in [-0.4, -0.2) is 50.2 Å². The van der Waals surface area contributed by atoms with Crippen molar-refractivity contribution in [3.63, 3.8) is 0 Å². The fraction of sp³-hybridized carbons (Fsp3) is 0.409. The lowest BCUT2D eigenvalue weighted by Crippen LogP contribution is -2.55. The molecule has 1 fully saturated rings. The van der Waals surface area contributed by atoms with Crippen molar-refractivity contribution in [1.29, 1.82) is 0 Å². The number of fused-ring (bicyclic) bond motifs is 1. The van der Waals surface area contributed by atoms with Gasteiger partial charge in [-0.1, -0.05) is 25.8 Å². The molecule has 1 N–H and O–H groups in total. The Balaban J connectivity index is 1.63. The van der Waals surface area contributed by atoms with Crippen LogP contribution in [0.5, 0.6) is 0 Å². The lowest BCUT2D eigenvalue weighted by Gasteiger charge is -2.43. The molecule has 4 heterocycles. The van der Waals surface area contributed by atoms with Crippen molar-refractivity contribution in [3.05, 3.63) is 36.8 Å². The number of rotatable bonds is 4. The first-order valence-corrected chi connectivity index (χ1v) is 10.6. The van der Waals surface area contributed by atoms with Crippen molar-refractivity contribution in [2.75, 3.05) is 16.8 Å². The number of H-pyrrole nitrogens is 1. The van der Waals surface area contributed by atoms with Gasteiger partial charge in [0.15, 0.2) is 11.6 Å². The second-order valence-electron chi connectivity index (χ2n) is 7.94. The highest BCUT2D eigenvalue weighted by Crippen LogP contribution is 2.40. The first-order valence-electron chi connectivity index (χ1n) is 10.6. The zero-order valence-corrected chi connectivity index (χ0v) is 17.2. The molecule has 3 aromatic rings. The minimum absolute atomic E-state index is 0.116. The highest BCUT2D eigenvalue weighted by atomic mass is 16.2. The fourth-order valence-corrected chi connectivity index (χ4v) is 4.67. The van der Waals surface area contributed by atoms with E-state index in [2.05, 4.69) is 32.0 Å². The summed E-state index contributed by atoms with van der Waals surface area (Å²) in [5.74, 6) is 1.54. The topological polar surface area (TPSA) is 90.9 Å². The first kappa shape index (κ1) is 18.7. The molecular weight excluding hydrogens is 378 g/mol. The van der Waals surface area contributed by atoms with Crippen LogP contribution in [0.15, 0.2) is 36.8 Å². The van der Waals surface area contributed by atoms with Gasteiger partial charge in [-0.3, -0.25) is 14.9 Å². The molecule has 1 atom stereocenters. The monoisotopic (exact) mass is 403 g/mol. The number of carbonyl (C=O) groups is 1. The minimum Gasteiger partial charge on any atom is -0.340 e. The summed E-state index contributed by atoms with van der Waals surface area (Å²) in [5, 5.41) is 7.25. The van der Waals surface area contributed by atoms with Gasteiger partial charge in [0.05, 0.1) is 29.3 Å². The molecule has 154 valence electrons. The Kier molecular flexibility index (Phi) is 4.69. The Bertz CT molecular complexity index is 1060. The number of nitrogens with one attached hydrogen (secondary N) is 1. The number of anilines is 2. The number of likely N-dealkylation sites (N-methyl/N-ethyl adjacent to an activating group) is 1. The van der Waals surface area contributed by atoms with E-state index in [9.17, 15) is 4.79 Å². The number of aromatic nitrogens is 5. The summed E-state index contributed by atoms with van der Waals surface area (Å²) in [6, 6.07) is 5.91. The van der Waals surface area contributed by atoms with Crippen molar-refractivity contribution in [3.8, 4) is 22.8 Å². The Labute approximate surface area is 175 Å². The highest BCUT2D eigenvalue weighted by molar-refractivity contribution is 6.04. The van der Waals surface area contributed by atoms with Crippen LogP contribution in [0.4, 0.5) is 11.5 Å². The number of hydrogen-bond donors (Lipinski definition) is 1. The fourth-order valence-electron chi connectivity index (χ4n) is 4.67. The van der Waals surface area contributed by atoms with Crippen molar-refractivity contribution >= 4 is 17.4 Å². The summed E-state index contributed by atoms with van der Waals surface area (Å²) < 4.78 is 0. The largest absolute Gasteiger partial charge is 0.340 e. The van der Waals surface area contributed by atoms with E-state index in [4.69, 9.17) is 4.98 Å². The molecule has 8 heteroatoms. The molecule has 2 aliphatic rings. The number of carbonyl (C=O) groups excluding carboxylic acids is 1. The molecule has 0 aromatic carbocycles. The van der Waals surface area contributed by atoms with Gasteiger partial charge in [-0.15, -0.1) is 0 Å². The van der Waals surface area contributed by atoms with Gasteiger partial charge in [-0.05, 0) is 31.4 Å². The zero-order chi connectivity index (χ0) is 20.7. The number of hydrogen-bond acceptors (Lipinski definition) is 6. The van der Waals surface area contributed by atoms with Crippen molar-refractivity contribution in [2.24, 2.45) is 0 Å². The molecule has 1 amide bonds. The standard InChI is InChI=1S/C22H25N7O/c1-3-17-22(30)28(2)18-13-24-20(26-21(18)29(17)14-8-4-5-9-14)15-12-25-27-19(15)16-10-6-7-11-23-16/h6-7,10-14,17H,3-5,8-9H2,1-2H3,(H,25,27). The Morgan fingerprint density at radius 3 is 2.73 bits per heavy atom. The molecule has 8 nitrogen and oxygen atoms in total. The van der Waals surface area contributed by atoms with Gasteiger partial charge < -0.3 is 9.80 Å². The lowest BCUT2D eigenvalue weighted by molar-refractivity contribution is -0.120. The van der Waals surface area contributed by atoms with Gasteiger partial charge in [0.1, 0.15) is 11.7 Å². The summed E-state index contributed by atoms with van der Waals surface area (Å²) in [7, 11) is 1.82. The molecule has 0 radical (unpaired) electrons. The van der Waals surface area contributed by atoms with E-state index in [0.717, 1.165) is 47.7 Å². The van der Waals surface area contributed by atoms with Crippen LogP contribution in [0.3, 0.4) is 0 Å². The Morgan fingerprint density at radius 1 is 1.17 bits per heavy atom. The van der Waals surface area contributed by atoms with Crippen LogP contribution in [0.25, 0.3) is 22.8 Å². The summed E-state index contributed by atoms with van der Waals surface area (Å²) in [5.41, 5.74) is 3.15. The van der Waals surface area contributed by atoms with Crippen LogP contribution in [0.2, 0.25) is 0 Å². The minimum atomic E-state index is -0.187. The quantitative estimate of drug-likeness (QED) is 0.718. The number of pyridine rings is 1. The van der Waals surface area contributed by atoms with Gasteiger partial charge >= 0.3 is 0 Å².